The average Bonchev–Trinajstić information content (AvgIpc) is 3.61. The van der Waals surface area contributed by atoms with Gasteiger partial charge in [-0.15, -0.1) is 11.3 Å². The Morgan fingerprint density at radius 2 is 1.79 bits per heavy atom. The lowest BCUT2D eigenvalue weighted by Crippen LogP contribution is -2.53. The van der Waals surface area contributed by atoms with E-state index in [0.717, 1.165) is 12.8 Å². The lowest BCUT2D eigenvalue weighted by molar-refractivity contribution is -0.124. The van der Waals surface area contributed by atoms with E-state index in [1.165, 1.54) is 23.6 Å². The molecule has 2 heterocycles. The first kappa shape index (κ1) is 27.6. The third kappa shape index (κ3) is 4.51. The van der Waals surface area contributed by atoms with E-state index in [1.807, 2.05) is 30.3 Å². The molecule has 2 amide bonds. The summed E-state index contributed by atoms with van der Waals surface area (Å²) in [5.74, 6) is -0.0421. The van der Waals surface area contributed by atoms with Gasteiger partial charge in [0, 0.05) is 28.7 Å². The lowest BCUT2D eigenvalue weighted by Gasteiger charge is -2.35. The first-order valence-corrected chi connectivity index (χ1v) is 14.4. The molecule has 0 spiro atoms. The average molecular weight is 583 g/mol. The molecule has 0 bridgehead atoms. The Morgan fingerprint density at radius 3 is 2.48 bits per heavy atom. The Bertz CT molecular complexity index is 1720. The number of nitrogens with zero attached hydrogens (tertiary/aromatic N) is 1. The van der Waals surface area contributed by atoms with Gasteiger partial charge in [-0.3, -0.25) is 19.4 Å². The molecule has 10 nitrogen and oxygen atoms in total. The van der Waals surface area contributed by atoms with E-state index in [1.54, 1.807) is 24.3 Å². The van der Waals surface area contributed by atoms with Gasteiger partial charge < -0.3 is 32.6 Å². The SMILES string of the molecule is C=CC(=O)N[C@@H]1CCC[C@H]1NC(=O)c1sc2c(N)ccc3c2c1C(N)C(=O)C3(N)c1ccc(Oc2ccccc2)cn1. The number of amides is 2. The van der Waals surface area contributed by atoms with Crippen molar-refractivity contribution in [3.63, 3.8) is 0 Å². The van der Waals surface area contributed by atoms with Gasteiger partial charge in [-0.2, -0.15) is 0 Å². The van der Waals surface area contributed by atoms with Crippen molar-refractivity contribution >= 4 is 44.7 Å². The molecule has 4 atom stereocenters. The maximum atomic E-state index is 14.0. The molecule has 2 aliphatic carbocycles. The molecule has 42 heavy (non-hydrogen) atoms. The van der Waals surface area contributed by atoms with Crippen LogP contribution in [0.4, 0.5) is 5.69 Å². The van der Waals surface area contributed by atoms with Crippen LogP contribution in [0.15, 0.2) is 73.4 Å². The number of carbonyl (C=O) groups excluding carboxylic acids is 3. The maximum Gasteiger partial charge on any atom is 0.262 e. The van der Waals surface area contributed by atoms with E-state index in [4.69, 9.17) is 21.9 Å². The van der Waals surface area contributed by atoms with Crippen molar-refractivity contribution in [2.45, 2.75) is 42.9 Å². The second-order valence-corrected chi connectivity index (χ2v) is 11.5. The normalized spacial score (nSPS) is 23.0. The van der Waals surface area contributed by atoms with Gasteiger partial charge >= 0.3 is 0 Å². The molecule has 0 radical (unpaired) electrons. The smallest absolute Gasteiger partial charge is 0.262 e. The minimum Gasteiger partial charge on any atom is -0.456 e. The fourth-order valence-electron chi connectivity index (χ4n) is 5.89. The Balaban J connectivity index is 1.37. The van der Waals surface area contributed by atoms with E-state index in [9.17, 15) is 14.4 Å². The van der Waals surface area contributed by atoms with Crippen LogP contribution in [-0.2, 0) is 15.1 Å². The number of hydrogen-bond acceptors (Lipinski definition) is 9. The fraction of sp³-hybridized carbons (Fsp3) is 0.226. The molecule has 1 fully saturated rings. The van der Waals surface area contributed by atoms with Crippen LogP contribution in [-0.4, -0.2) is 34.7 Å². The molecule has 8 N–H and O–H groups in total. The van der Waals surface area contributed by atoms with Gasteiger partial charge in [0.25, 0.3) is 5.91 Å². The minimum atomic E-state index is -1.68. The van der Waals surface area contributed by atoms with Crippen LogP contribution < -0.4 is 32.6 Å². The van der Waals surface area contributed by atoms with Crippen LogP contribution in [0.25, 0.3) is 10.1 Å². The van der Waals surface area contributed by atoms with Crippen LogP contribution in [0.2, 0.25) is 0 Å². The summed E-state index contributed by atoms with van der Waals surface area (Å²) in [7, 11) is 0. The third-order valence-corrected chi connectivity index (χ3v) is 9.24. The molecule has 11 heteroatoms. The predicted octanol–water partition coefficient (Wildman–Crippen LogP) is 3.41. The van der Waals surface area contributed by atoms with Gasteiger partial charge in [0.2, 0.25) is 5.91 Å². The molecule has 2 aromatic heterocycles. The van der Waals surface area contributed by atoms with Crippen LogP contribution in [0, 0.1) is 0 Å². The van der Waals surface area contributed by atoms with Crippen molar-refractivity contribution in [2.24, 2.45) is 11.5 Å². The van der Waals surface area contributed by atoms with Gasteiger partial charge in [-0.25, -0.2) is 0 Å². The zero-order valence-electron chi connectivity index (χ0n) is 22.6. The summed E-state index contributed by atoms with van der Waals surface area (Å²) in [5.41, 5.74) is 19.8. The van der Waals surface area contributed by atoms with Gasteiger partial charge in [-0.05, 0) is 61.2 Å². The fourth-order valence-corrected chi connectivity index (χ4v) is 7.10. The Morgan fingerprint density at radius 1 is 1.05 bits per heavy atom. The van der Waals surface area contributed by atoms with Crippen LogP contribution in [0.1, 0.15) is 51.8 Å². The quantitative estimate of drug-likeness (QED) is 0.163. The number of nitrogen functional groups attached to an aromatic ring is 1. The molecule has 2 aliphatic rings. The highest BCUT2D eigenvalue weighted by Crippen LogP contribution is 2.49. The predicted molar refractivity (Wildman–Crippen MR) is 161 cm³/mol. The van der Waals surface area contributed by atoms with E-state index >= 15 is 0 Å². The van der Waals surface area contributed by atoms with Crippen molar-refractivity contribution in [1.29, 1.82) is 0 Å². The number of ketones is 1. The molecule has 4 aromatic rings. The van der Waals surface area contributed by atoms with Crippen molar-refractivity contribution < 1.29 is 19.1 Å². The highest BCUT2D eigenvalue weighted by atomic mass is 32.1. The third-order valence-electron chi connectivity index (χ3n) is 7.98. The van der Waals surface area contributed by atoms with Crippen molar-refractivity contribution in [3.8, 4) is 11.5 Å². The number of rotatable bonds is 7. The highest BCUT2D eigenvalue weighted by Gasteiger charge is 2.49. The molecule has 214 valence electrons. The first-order valence-electron chi connectivity index (χ1n) is 13.6. The monoisotopic (exact) mass is 582 g/mol. The second-order valence-electron chi connectivity index (χ2n) is 10.5. The Labute approximate surface area is 245 Å². The van der Waals surface area contributed by atoms with Crippen LogP contribution in [0.3, 0.4) is 0 Å². The van der Waals surface area contributed by atoms with E-state index in [0.29, 0.717) is 55.4 Å². The van der Waals surface area contributed by atoms with Gasteiger partial charge in [0.1, 0.15) is 17.0 Å². The van der Waals surface area contributed by atoms with Crippen LogP contribution >= 0.6 is 11.3 Å². The molecule has 1 saturated carbocycles. The number of carbonyl (C=O) groups is 3. The van der Waals surface area contributed by atoms with Crippen LogP contribution in [0.5, 0.6) is 11.5 Å². The zero-order chi connectivity index (χ0) is 29.6. The molecule has 6 rings (SSSR count). The molecule has 2 aromatic carbocycles. The highest BCUT2D eigenvalue weighted by molar-refractivity contribution is 7.21. The molecule has 0 aliphatic heterocycles. The Kier molecular flexibility index (Phi) is 7.01. The number of pyridine rings is 1. The number of thiophene rings is 1. The molecule has 2 unspecified atom stereocenters. The summed E-state index contributed by atoms with van der Waals surface area (Å²) >= 11 is 1.18. The maximum absolute atomic E-state index is 14.0. The molecular formula is C31H30N6O4S. The van der Waals surface area contributed by atoms with Crippen molar-refractivity contribution in [2.75, 3.05) is 5.73 Å². The number of benzene rings is 2. The van der Waals surface area contributed by atoms with Crippen molar-refractivity contribution in [3.05, 3.63) is 95.1 Å². The van der Waals surface area contributed by atoms with E-state index in [-0.39, 0.29) is 23.9 Å². The number of aromatic nitrogens is 1. The van der Waals surface area contributed by atoms with Gasteiger partial charge in [0.15, 0.2) is 5.78 Å². The Hall–Kier alpha value is -4.58. The topological polar surface area (TPSA) is 175 Å². The standard InChI is InChI=1S/C31H30N6O4S/c1-2-23(38)36-20-9-6-10-21(20)37-30(40)28-25-24-18(12-13-19(32)27(24)42-28)31(34,29(39)26(25)33)22-14-11-17(15-35-22)41-16-7-4-3-5-8-16/h2-5,7-8,11-15,20-21,26H,1,6,9-10,32-34H2,(H,36,38)(H,37,40)/t20-,21-,26?,31?/m1/s1. The summed E-state index contributed by atoms with van der Waals surface area (Å²) in [5, 5.41) is 6.52. The van der Waals surface area contributed by atoms with E-state index < -0.39 is 17.4 Å². The number of ether oxygens (including phenoxy) is 1. The van der Waals surface area contributed by atoms with Crippen molar-refractivity contribution in [1.82, 2.24) is 15.6 Å². The van der Waals surface area contributed by atoms with Gasteiger partial charge in [-0.1, -0.05) is 30.8 Å². The van der Waals surface area contributed by atoms with E-state index in [2.05, 4.69) is 22.2 Å². The second kappa shape index (κ2) is 10.7. The summed E-state index contributed by atoms with van der Waals surface area (Å²) in [6.45, 7) is 3.50. The number of Topliss-reactive ketones (excluding diaryl/α,β-unsaturated/α-hetero) is 1. The summed E-state index contributed by atoms with van der Waals surface area (Å²) < 4.78 is 6.47. The summed E-state index contributed by atoms with van der Waals surface area (Å²) in [4.78, 5) is 44.4. The molecular weight excluding hydrogens is 552 g/mol. The first-order chi connectivity index (χ1) is 20.2. The summed E-state index contributed by atoms with van der Waals surface area (Å²) in [6.07, 6.45) is 5.00. The molecule has 0 saturated heterocycles. The zero-order valence-corrected chi connectivity index (χ0v) is 23.4. The number of para-hydroxylation sites is 1. The van der Waals surface area contributed by atoms with Gasteiger partial charge in [0.05, 0.1) is 27.5 Å². The largest absolute Gasteiger partial charge is 0.456 e. The summed E-state index contributed by atoms with van der Waals surface area (Å²) in [6, 6.07) is 14.3. The number of anilines is 1. The lowest BCUT2D eigenvalue weighted by atomic mass is 9.72. The number of nitrogens with two attached hydrogens (primary N) is 3. The minimum absolute atomic E-state index is 0.224. The number of nitrogens with one attached hydrogen (secondary N) is 2. The number of hydrogen-bond donors (Lipinski definition) is 5.